The molecule has 2 nitrogen and oxygen atoms in total. The molecule has 1 N–H and O–H groups in total. The summed E-state index contributed by atoms with van der Waals surface area (Å²) in [4.78, 5) is 0. The molecule has 0 spiro atoms. The quantitative estimate of drug-likeness (QED) is 0.730. The minimum absolute atomic E-state index is 0.550. The maximum atomic E-state index is 13.0. The molecule has 14 heavy (non-hydrogen) atoms. The second-order valence-corrected chi connectivity index (χ2v) is 6.10. The van der Waals surface area contributed by atoms with Crippen LogP contribution in [0.25, 0.3) is 0 Å². The lowest BCUT2D eigenvalue weighted by atomic mass is 10.2. The van der Waals surface area contributed by atoms with E-state index in [4.69, 9.17) is 0 Å². The fourth-order valence-electron chi connectivity index (χ4n) is 0.593. The van der Waals surface area contributed by atoms with Crippen LogP contribution in [0.4, 0.5) is 8.78 Å². The van der Waals surface area contributed by atoms with E-state index in [-0.39, 0.29) is 0 Å². The van der Waals surface area contributed by atoms with E-state index >= 15 is 0 Å². The van der Waals surface area contributed by atoms with Gasteiger partial charge in [0.25, 0.3) is 5.92 Å². The van der Waals surface area contributed by atoms with Crippen LogP contribution in [0.2, 0.25) is 0 Å². The Morgan fingerprint density at radius 3 is 2.14 bits per heavy atom. The Morgan fingerprint density at radius 2 is 1.86 bits per heavy atom. The molecule has 0 aromatic carbocycles. The molecule has 0 bridgehead atoms. The molecule has 5 heteroatoms. The molecule has 0 heterocycles. The van der Waals surface area contributed by atoms with Crippen molar-refractivity contribution in [3.05, 3.63) is 12.7 Å². The van der Waals surface area contributed by atoms with Crippen molar-refractivity contribution in [3.63, 3.8) is 0 Å². The molecule has 2 atom stereocenters. The van der Waals surface area contributed by atoms with Crippen molar-refractivity contribution in [1.82, 2.24) is 4.72 Å². The molecule has 0 aliphatic heterocycles. The predicted molar refractivity (Wildman–Crippen MR) is 55.6 cm³/mol. The summed E-state index contributed by atoms with van der Waals surface area (Å²) in [6.45, 7) is 9.47. The van der Waals surface area contributed by atoms with Crippen LogP contribution in [0.15, 0.2) is 12.7 Å². The predicted octanol–water partition coefficient (Wildman–Crippen LogP) is 2.25. The summed E-state index contributed by atoms with van der Waals surface area (Å²) >= 11 is 0. The van der Waals surface area contributed by atoms with Crippen LogP contribution in [0.5, 0.6) is 0 Å². The molecule has 0 fully saturated rings. The van der Waals surface area contributed by atoms with Gasteiger partial charge in [0, 0.05) is 0 Å². The van der Waals surface area contributed by atoms with Gasteiger partial charge in [0.1, 0.15) is 0 Å². The van der Waals surface area contributed by atoms with Gasteiger partial charge in [-0.15, -0.1) is 0 Å². The summed E-state index contributed by atoms with van der Waals surface area (Å²) in [7, 11) is -1.49. The number of rotatable bonds is 4. The third-order valence-electron chi connectivity index (χ3n) is 1.69. The molecule has 0 aromatic heterocycles. The SMILES string of the molecule is C=CC(F)(F)C(C)NS(=O)C(C)(C)C. The Kier molecular flexibility index (Phi) is 4.39. The Labute approximate surface area is 86.4 Å². The third-order valence-corrected chi connectivity index (χ3v) is 3.37. The normalized spacial score (nSPS) is 17.6. The summed E-state index contributed by atoms with van der Waals surface area (Å²) in [6, 6.07) is -1.18. The van der Waals surface area contributed by atoms with E-state index in [1.165, 1.54) is 6.92 Å². The molecule has 0 aliphatic rings. The van der Waals surface area contributed by atoms with Gasteiger partial charge in [-0.2, -0.15) is 0 Å². The molecular formula is C9H17F2NOS. The van der Waals surface area contributed by atoms with Gasteiger partial charge in [-0.3, -0.25) is 0 Å². The minimum Gasteiger partial charge on any atom is -0.242 e. The fraction of sp³-hybridized carbons (Fsp3) is 0.778. The average molecular weight is 225 g/mol. The average Bonchev–Trinajstić information content (AvgIpc) is 2.02. The summed E-state index contributed by atoms with van der Waals surface area (Å²) in [6.07, 6.45) is 0.560. The molecule has 0 rings (SSSR count). The lowest BCUT2D eigenvalue weighted by molar-refractivity contribution is 0.0275. The van der Waals surface area contributed by atoms with Gasteiger partial charge in [-0.05, 0) is 33.8 Å². The highest BCUT2D eigenvalue weighted by Gasteiger charge is 2.35. The largest absolute Gasteiger partial charge is 0.281 e. The van der Waals surface area contributed by atoms with Crippen molar-refractivity contribution in [1.29, 1.82) is 0 Å². The Balaban J connectivity index is 4.42. The maximum absolute atomic E-state index is 13.0. The van der Waals surface area contributed by atoms with Crippen molar-refractivity contribution >= 4 is 11.0 Å². The zero-order valence-electron chi connectivity index (χ0n) is 8.93. The highest BCUT2D eigenvalue weighted by molar-refractivity contribution is 7.84. The van der Waals surface area contributed by atoms with E-state index in [0.717, 1.165) is 0 Å². The smallest absolute Gasteiger partial charge is 0.242 e. The zero-order valence-corrected chi connectivity index (χ0v) is 9.75. The van der Waals surface area contributed by atoms with Crippen LogP contribution < -0.4 is 4.72 Å². The second-order valence-electron chi connectivity index (χ2n) is 4.10. The standard InChI is InChI=1S/C9H17F2NOS/c1-6-9(10,11)7(2)12-14(13)8(3,4)5/h6-7,12H,1H2,2-5H3. The first kappa shape index (κ1) is 13.7. The number of alkyl halides is 2. The van der Waals surface area contributed by atoms with Crippen LogP contribution in [0.3, 0.4) is 0 Å². The van der Waals surface area contributed by atoms with Gasteiger partial charge in [-0.1, -0.05) is 6.58 Å². The van der Waals surface area contributed by atoms with E-state index in [9.17, 15) is 13.0 Å². The summed E-state index contributed by atoms with van der Waals surface area (Å²) in [5.41, 5.74) is 0. The van der Waals surface area contributed by atoms with E-state index < -0.39 is 27.7 Å². The van der Waals surface area contributed by atoms with E-state index in [1.54, 1.807) is 20.8 Å². The topological polar surface area (TPSA) is 29.1 Å². The first-order valence-corrected chi connectivity index (χ1v) is 5.45. The number of nitrogens with one attached hydrogen (secondary N) is 1. The van der Waals surface area contributed by atoms with Crippen molar-refractivity contribution in [2.75, 3.05) is 0 Å². The van der Waals surface area contributed by atoms with Crippen molar-refractivity contribution < 1.29 is 13.0 Å². The highest BCUT2D eigenvalue weighted by atomic mass is 32.2. The zero-order chi connectivity index (χ0) is 11.6. The number of hydrogen-bond donors (Lipinski definition) is 1. The molecule has 0 aliphatic carbocycles. The van der Waals surface area contributed by atoms with Gasteiger partial charge >= 0.3 is 0 Å². The summed E-state index contributed by atoms with van der Waals surface area (Å²) in [5, 5.41) is 0. The van der Waals surface area contributed by atoms with Gasteiger partial charge in [0.05, 0.1) is 21.8 Å². The first-order valence-electron chi connectivity index (χ1n) is 4.30. The molecule has 0 saturated carbocycles. The first-order chi connectivity index (χ1) is 6.11. The lowest BCUT2D eigenvalue weighted by Crippen LogP contribution is -2.46. The monoisotopic (exact) mass is 225 g/mol. The Morgan fingerprint density at radius 1 is 1.43 bits per heavy atom. The van der Waals surface area contributed by atoms with Crippen LogP contribution in [-0.2, 0) is 11.0 Å². The van der Waals surface area contributed by atoms with Crippen molar-refractivity contribution in [3.8, 4) is 0 Å². The molecule has 0 radical (unpaired) electrons. The van der Waals surface area contributed by atoms with Gasteiger partial charge in [0.2, 0.25) is 0 Å². The van der Waals surface area contributed by atoms with Gasteiger partial charge in [-0.25, -0.2) is 17.7 Å². The van der Waals surface area contributed by atoms with Crippen LogP contribution in [-0.4, -0.2) is 20.9 Å². The molecule has 0 amide bonds. The highest BCUT2D eigenvalue weighted by Crippen LogP contribution is 2.21. The van der Waals surface area contributed by atoms with Gasteiger partial charge in [0.15, 0.2) is 0 Å². The van der Waals surface area contributed by atoms with Crippen molar-refractivity contribution in [2.45, 2.75) is 44.4 Å². The number of hydrogen-bond acceptors (Lipinski definition) is 1. The summed E-state index contributed by atoms with van der Waals surface area (Å²) in [5.74, 6) is -3.04. The lowest BCUT2D eigenvalue weighted by Gasteiger charge is -2.25. The van der Waals surface area contributed by atoms with Gasteiger partial charge < -0.3 is 0 Å². The molecule has 0 saturated heterocycles. The minimum atomic E-state index is -3.04. The Bertz CT molecular complexity index is 235. The summed E-state index contributed by atoms with van der Waals surface area (Å²) < 4.78 is 39.2. The number of halogens is 2. The van der Waals surface area contributed by atoms with E-state index in [2.05, 4.69) is 11.3 Å². The fourth-order valence-corrected chi connectivity index (χ4v) is 1.42. The van der Waals surface area contributed by atoms with E-state index in [1.807, 2.05) is 0 Å². The molecular weight excluding hydrogens is 208 g/mol. The van der Waals surface area contributed by atoms with E-state index in [0.29, 0.717) is 6.08 Å². The second kappa shape index (κ2) is 4.49. The molecule has 0 aromatic rings. The maximum Gasteiger partial charge on any atom is 0.281 e. The third kappa shape index (κ3) is 3.84. The van der Waals surface area contributed by atoms with Crippen LogP contribution in [0, 0.1) is 0 Å². The van der Waals surface area contributed by atoms with Crippen LogP contribution >= 0.6 is 0 Å². The van der Waals surface area contributed by atoms with Crippen LogP contribution in [0.1, 0.15) is 27.7 Å². The van der Waals surface area contributed by atoms with Crippen molar-refractivity contribution in [2.24, 2.45) is 0 Å². The Hall–Kier alpha value is -0.290. The molecule has 84 valence electrons. The molecule has 2 unspecified atom stereocenters.